The number of amidine groups is 1. The minimum absolute atomic E-state index is 0.103. The predicted molar refractivity (Wildman–Crippen MR) is 38.6 cm³/mol. The largest absolute Gasteiger partial charge is 0.313 e. The summed E-state index contributed by atoms with van der Waals surface area (Å²) < 4.78 is 0. The molecule has 5 heteroatoms. The van der Waals surface area contributed by atoms with Crippen molar-refractivity contribution in [1.82, 2.24) is 10.3 Å². The minimum Gasteiger partial charge on any atom is -0.313 e. The number of carbonyl (C=O) groups excluding carboxylic acids is 2. The molecular weight excluding hydrogens is 146 g/mol. The van der Waals surface area contributed by atoms with Crippen LogP contribution in [-0.2, 0) is 9.59 Å². The summed E-state index contributed by atoms with van der Waals surface area (Å²) >= 11 is 0. The number of rotatable bonds is 0. The van der Waals surface area contributed by atoms with Crippen molar-refractivity contribution < 1.29 is 9.59 Å². The first-order chi connectivity index (χ1) is 5.09. The van der Waals surface area contributed by atoms with Gasteiger partial charge in [-0.05, 0) is 0 Å². The highest BCUT2D eigenvalue weighted by Gasteiger charge is 2.20. The molecule has 60 valence electrons. The number of nitrogens with one attached hydrogen (secondary N) is 1. The Bertz CT molecular complexity index is 234. The molecule has 0 radical (unpaired) electrons. The first kappa shape index (κ1) is 7.71. The fourth-order valence-corrected chi connectivity index (χ4v) is 0.802. The maximum atomic E-state index is 10.8. The Balaban J connectivity index is 2.57. The summed E-state index contributed by atoms with van der Waals surface area (Å²) in [5.74, 6) is 0.116. The van der Waals surface area contributed by atoms with Gasteiger partial charge in [-0.2, -0.15) is 5.10 Å². The first-order valence-corrected chi connectivity index (χ1v) is 3.21. The number of hydrogen-bond donors (Lipinski definition) is 1. The van der Waals surface area contributed by atoms with Crippen LogP contribution in [0.5, 0.6) is 0 Å². The van der Waals surface area contributed by atoms with Gasteiger partial charge in [-0.3, -0.25) is 9.59 Å². The zero-order valence-corrected chi connectivity index (χ0v) is 6.42. The topological polar surface area (TPSA) is 61.8 Å². The van der Waals surface area contributed by atoms with E-state index in [2.05, 4.69) is 10.4 Å². The number of carbonyl (C=O) groups is 2. The average molecular weight is 155 g/mol. The summed E-state index contributed by atoms with van der Waals surface area (Å²) in [6.45, 7) is 1.38. The van der Waals surface area contributed by atoms with Crippen molar-refractivity contribution in [2.45, 2.75) is 13.3 Å². The van der Waals surface area contributed by atoms with Gasteiger partial charge < -0.3 is 5.32 Å². The van der Waals surface area contributed by atoms with E-state index < -0.39 is 0 Å². The third kappa shape index (κ3) is 1.76. The SMILES string of the molecule is CC(=O)NC1=NN(C)C(=O)C1. The number of nitrogens with zero attached hydrogens (tertiary/aromatic N) is 2. The van der Waals surface area contributed by atoms with Gasteiger partial charge in [0.1, 0.15) is 5.84 Å². The third-order valence-corrected chi connectivity index (χ3v) is 1.27. The quantitative estimate of drug-likeness (QED) is 0.502. The van der Waals surface area contributed by atoms with Crippen molar-refractivity contribution in [3.8, 4) is 0 Å². The molecule has 5 nitrogen and oxygen atoms in total. The lowest BCUT2D eigenvalue weighted by Gasteiger charge is -1.98. The lowest BCUT2D eigenvalue weighted by molar-refractivity contribution is -0.127. The van der Waals surface area contributed by atoms with Crippen LogP contribution in [0.1, 0.15) is 13.3 Å². The van der Waals surface area contributed by atoms with E-state index >= 15 is 0 Å². The van der Waals surface area contributed by atoms with Crippen molar-refractivity contribution in [2.24, 2.45) is 5.10 Å². The van der Waals surface area contributed by atoms with E-state index in [4.69, 9.17) is 0 Å². The van der Waals surface area contributed by atoms with Gasteiger partial charge in [0.2, 0.25) is 11.8 Å². The molecule has 0 unspecified atom stereocenters. The highest BCUT2D eigenvalue weighted by molar-refractivity contribution is 6.09. The fourth-order valence-electron chi connectivity index (χ4n) is 0.802. The monoisotopic (exact) mass is 155 g/mol. The summed E-state index contributed by atoms with van der Waals surface area (Å²) in [5, 5.41) is 7.44. The lowest BCUT2D eigenvalue weighted by Crippen LogP contribution is -2.26. The van der Waals surface area contributed by atoms with Crippen molar-refractivity contribution in [1.29, 1.82) is 0 Å². The number of hydrogen-bond acceptors (Lipinski definition) is 3. The van der Waals surface area contributed by atoms with Crippen LogP contribution >= 0.6 is 0 Å². The Hall–Kier alpha value is -1.39. The molecule has 1 N–H and O–H groups in total. The van der Waals surface area contributed by atoms with Crippen LogP contribution in [0.25, 0.3) is 0 Å². The predicted octanol–water partition coefficient (Wildman–Crippen LogP) is -0.702. The Labute approximate surface area is 64.1 Å². The summed E-state index contributed by atoms with van der Waals surface area (Å²) in [4.78, 5) is 21.3. The summed E-state index contributed by atoms with van der Waals surface area (Å²) in [7, 11) is 1.55. The second-order valence-corrected chi connectivity index (χ2v) is 2.32. The molecule has 0 saturated heterocycles. The molecule has 1 aliphatic rings. The van der Waals surface area contributed by atoms with Crippen LogP contribution < -0.4 is 5.32 Å². The molecule has 0 atom stereocenters. The molecule has 1 rings (SSSR count). The zero-order valence-electron chi connectivity index (χ0n) is 6.42. The van der Waals surface area contributed by atoms with Crippen molar-refractivity contribution in [3.05, 3.63) is 0 Å². The van der Waals surface area contributed by atoms with Crippen molar-refractivity contribution >= 4 is 17.6 Å². The van der Waals surface area contributed by atoms with Crippen molar-refractivity contribution in [3.63, 3.8) is 0 Å². The van der Waals surface area contributed by atoms with E-state index in [1.54, 1.807) is 7.05 Å². The van der Waals surface area contributed by atoms with Crippen LogP contribution in [0, 0.1) is 0 Å². The molecule has 0 aliphatic carbocycles. The summed E-state index contributed by atoms with van der Waals surface area (Å²) in [5.41, 5.74) is 0. The van der Waals surface area contributed by atoms with Crippen LogP contribution in [0.3, 0.4) is 0 Å². The lowest BCUT2D eigenvalue weighted by atomic mass is 10.4. The van der Waals surface area contributed by atoms with Crippen LogP contribution in [0.4, 0.5) is 0 Å². The highest BCUT2D eigenvalue weighted by Crippen LogP contribution is 2.02. The number of hydrazone groups is 1. The van der Waals surface area contributed by atoms with E-state index in [0.29, 0.717) is 5.84 Å². The van der Waals surface area contributed by atoms with Crippen molar-refractivity contribution in [2.75, 3.05) is 7.05 Å². The standard InChI is InChI=1S/C6H9N3O2/c1-4(10)7-5-3-6(11)9(2)8-5/h3H2,1-2H3,(H,7,8,10). The van der Waals surface area contributed by atoms with E-state index in [1.807, 2.05) is 0 Å². The van der Waals surface area contributed by atoms with Gasteiger partial charge in [-0.15, -0.1) is 0 Å². The molecule has 1 aliphatic heterocycles. The molecule has 0 aromatic carbocycles. The minimum atomic E-state index is -0.202. The van der Waals surface area contributed by atoms with Gasteiger partial charge >= 0.3 is 0 Å². The average Bonchev–Trinajstić information content (AvgIpc) is 2.10. The molecule has 0 bridgehead atoms. The van der Waals surface area contributed by atoms with Gasteiger partial charge in [0.05, 0.1) is 6.42 Å². The molecule has 2 amide bonds. The molecule has 0 aromatic rings. The zero-order chi connectivity index (χ0) is 8.43. The van der Waals surface area contributed by atoms with Crippen LogP contribution in [-0.4, -0.2) is 29.7 Å². The molecule has 1 heterocycles. The Morgan fingerprint density at radius 1 is 1.73 bits per heavy atom. The van der Waals surface area contributed by atoms with Gasteiger partial charge in [-0.1, -0.05) is 0 Å². The van der Waals surface area contributed by atoms with E-state index in [-0.39, 0.29) is 18.2 Å². The summed E-state index contributed by atoms with van der Waals surface area (Å²) in [6, 6.07) is 0. The van der Waals surface area contributed by atoms with Gasteiger partial charge in [-0.25, -0.2) is 5.01 Å². The van der Waals surface area contributed by atoms with Gasteiger partial charge in [0, 0.05) is 14.0 Å². The Kier molecular flexibility index (Phi) is 1.89. The smallest absolute Gasteiger partial charge is 0.250 e. The maximum absolute atomic E-state index is 10.8. The highest BCUT2D eigenvalue weighted by atomic mass is 16.2. The number of amides is 2. The maximum Gasteiger partial charge on any atom is 0.250 e. The normalized spacial score (nSPS) is 16.7. The van der Waals surface area contributed by atoms with E-state index in [0.717, 1.165) is 0 Å². The second-order valence-electron chi connectivity index (χ2n) is 2.32. The first-order valence-electron chi connectivity index (χ1n) is 3.21. The van der Waals surface area contributed by atoms with Gasteiger partial charge in [0.15, 0.2) is 0 Å². The fraction of sp³-hybridized carbons (Fsp3) is 0.500. The molecule has 0 saturated carbocycles. The summed E-state index contributed by atoms with van der Waals surface area (Å²) in [6.07, 6.45) is 0.191. The van der Waals surface area contributed by atoms with Gasteiger partial charge in [0.25, 0.3) is 0 Å². The molecular formula is C6H9N3O2. The molecule has 0 fully saturated rings. The molecule has 11 heavy (non-hydrogen) atoms. The van der Waals surface area contributed by atoms with E-state index in [1.165, 1.54) is 11.9 Å². The Morgan fingerprint density at radius 3 is 2.73 bits per heavy atom. The Morgan fingerprint density at radius 2 is 2.36 bits per heavy atom. The van der Waals surface area contributed by atoms with Crippen LogP contribution in [0.2, 0.25) is 0 Å². The van der Waals surface area contributed by atoms with Crippen LogP contribution in [0.15, 0.2) is 5.10 Å². The molecule has 0 spiro atoms. The third-order valence-electron chi connectivity index (χ3n) is 1.27. The second kappa shape index (κ2) is 2.69. The molecule has 0 aromatic heterocycles. The van der Waals surface area contributed by atoms with E-state index in [9.17, 15) is 9.59 Å².